The summed E-state index contributed by atoms with van der Waals surface area (Å²) in [6.45, 7) is 0.690. The lowest BCUT2D eigenvalue weighted by Crippen LogP contribution is -1.96. The molecule has 0 aliphatic carbocycles. The molecule has 0 amide bonds. The molecule has 0 radical (unpaired) electrons. The van der Waals surface area contributed by atoms with E-state index in [-0.39, 0.29) is 0 Å². The van der Waals surface area contributed by atoms with Gasteiger partial charge in [0.25, 0.3) is 0 Å². The molecule has 0 saturated carbocycles. The molecule has 0 saturated heterocycles. The molecule has 0 aromatic heterocycles. The van der Waals surface area contributed by atoms with Crippen LogP contribution in [0, 0.1) is 0 Å². The summed E-state index contributed by atoms with van der Waals surface area (Å²) in [6, 6.07) is 5.61. The molecule has 0 bridgehead atoms. The van der Waals surface area contributed by atoms with Gasteiger partial charge < -0.3 is 9.84 Å². The van der Waals surface area contributed by atoms with E-state index in [0.717, 1.165) is 29.1 Å². The topological polar surface area (TPSA) is 29.5 Å². The molecule has 1 N–H and O–H groups in total. The van der Waals surface area contributed by atoms with Gasteiger partial charge in [-0.1, -0.05) is 0 Å². The molecule has 13 heavy (non-hydrogen) atoms. The van der Waals surface area contributed by atoms with Gasteiger partial charge in [0.2, 0.25) is 0 Å². The first-order valence-corrected chi connectivity index (χ1v) is 4.86. The van der Waals surface area contributed by atoms with Crippen molar-refractivity contribution in [3.63, 3.8) is 0 Å². The number of hydrogen-bond acceptors (Lipinski definition) is 3. The van der Waals surface area contributed by atoms with Crippen LogP contribution in [-0.2, 0) is 0 Å². The molecule has 1 atom stereocenters. The van der Waals surface area contributed by atoms with Gasteiger partial charge in [-0.3, -0.25) is 0 Å². The third-order valence-corrected chi connectivity index (χ3v) is 2.51. The average molecular weight is 196 g/mol. The van der Waals surface area contributed by atoms with E-state index in [1.807, 2.05) is 18.2 Å². The molecule has 2 nitrogen and oxygen atoms in total. The second-order valence-corrected chi connectivity index (χ2v) is 3.75. The van der Waals surface area contributed by atoms with Crippen molar-refractivity contribution < 1.29 is 9.84 Å². The van der Waals surface area contributed by atoms with Gasteiger partial charge >= 0.3 is 0 Å². The second-order valence-electron chi connectivity index (χ2n) is 3.23. The van der Waals surface area contributed by atoms with Crippen molar-refractivity contribution >= 4 is 12.6 Å². The molecule has 1 aliphatic heterocycles. The standard InChI is InChI=1S/C10H12O2S/c11-9-2-1-5-12-10-4-3-7(13)6-8(9)10/h3-4,6,9,11,13H,1-2,5H2. The summed E-state index contributed by atoms with van der Waals surface area (Å²) < 4.78 is 5.48. The molecular weight excluding hydrogens is 184 g/mol. The molecule has 1 aromatic rings. The largest absolute Gasteiger partial charge is 0.493 e. The highest BCUT2D eigenvalue weighted by molar-refractivity contribution is 7.80. The van der Waals surface area contributed by atoms with Crippen LogP contribution in [0.3, 0.4) is 0 Å². The third kappa shape index (κ3) is 1.81. The second kappa shape index (κ2) is 3.60. The van der Waals surface area contributed by atoms with Gasteiger partial charge in [0.05, 0.1) is 12.7 Å². The number of aliphatic hydroxyl groups excluding tert-OH is 1. The lowest BCUT2D eigenvalue weighted by molar-refractivity contribution is 0.167. The third-order valence-electron chi connectivity index (χ3n) is 2.23. The summed E-state index contributed by atoms with van der Waals surface area (Å²) in [6.07, 6.45) is 1.27. The molecule has 1 unspecified atom stereocenters. The van der Waals surface area contributed by atoms with Crippen LogP contribution in [0.2, 0.25) is 0 Å². The summed E-state index contributed by atoms with van der Waals surface area (Å²) >= 11 is 4.23. The molecule has 70 valence electrons. The van der Waals surface area contributed by atoms with Crippen molar-refractivity contribution in [2.24, 2.45) is 0 Å². The Bertz CT molecular complexity index is 312. The van der Waals surface area contributed by atoms with Crippen LogP contribution in [0.1, 0.15) is 24.5 Å². The first-order valence-electron chi connectivity index (χ1n) is 4.41. The Morgan fingerprint density at radius 1 is 1.46 bits per heavy atom. The zero-order valence-corrected chi connectivity index (χ0v) is 8.13. The summed E-state index contributed by atoms with van der Waals surface area (Å²) in [4.78, 5) is 0.864. The number of aliphatic hydroxyl groups is 1. The van der Waals surface area contributed by atoms with E-state index in [2.05, 4.69) is 12.6 Å². The minimum atomic E-state index is -0.399. The Kier molecular flexibility index (Phi) is 2.47. The van der Waals surface area contributed by atoms with Crippen molar-refractivity contribution in [3.8, 4) is 5.75 Å². The smallest absolute Gasteiger partial charge is 0.125 e. The minimum absolute atomic E-state index is 0.399. The maximum absolute atomic E-state index is 9.75. The monoisotopic (exact) mass is 196 g/mol. The van der Waals surface area contributed by atoms with E-state index < -0.39 is 6.10 Å². The quantitative estimate of drug-likeness (QED) is 0.623. The van der Waals surface area contributed by atoms with Gasteiger partial charge in [-0.05, 0) is 31.0 Å². The lowest BCUT2D eigenvalue weighted by Gasteiger charge is -2.10. The fourth-order valence-electron chi connectivity index (χ4n) is 1.54. The van der Waals surface area contributed by atoms with E-state index >= 15 is 0 Å². The first-order chi connectivity index (χ1) is 6.27. The summed E-state index contributed by atoms with van der Waals surface area (Å²) in [5.74, 6) is 0.794. The summed E-state index contributed by atoms with van der Waals surface area (Å²) in [7, 11) is 0. The zero-order valence-electron chi connectivity index (χ0n) is 7.23. The zero-order chi connectivity index (χ0) is 9.26. The van der Waals surface area contributed by atoms with Crippen molar-refractivity contribution in [2.45, 2.75) is 23.8 Å². The summed E-state index contributed by atoms with van der Waals surface area (Å²) in [5.41, 5.74) is 0.866. The highest BCUT2D eigenvalue weighted by atomic mass is 32.1. The van der Waals surface area contributed by atoms with E-state index in [9.17, 15) is 5.11 Å². The highest BCUT2D eigenvalue weighted by Gasteiger charge is 2.16. The van der Waals surface area contributed by atoms with E-state index in [1.54, 1.807) is 0 Å². The fourth-order valence-corrected chi connectivity index (χ4v) is 1.76. The molecule has 1 heterocycles. The maximum atomic E-state index is 9.75. The number of hydrogen-bond donors (Lipinski definition) is 2. The van der Waals surface area contributed by atoms with Crippen molar-refractivity contribution in [2.75, 3.05) is 6.61 Å². The number of rotatable bonds is 0. The predicted molar refractivity (Wildman–Crippen MR) is 53.4 cm³/mol. The number of thiol groups is 1. The fraction of sp³-hybridized carbons (Fsp3) is 0.400. The van der Waals surface area contributed by atoms with Crippen LogP contribution in [0.5, 0.6) is 5.75 Å². The maximum Gasteiger partial charge on any atom is 0.125 e. The molecule has 0 fully saturated rings. The molecule has 2 rings (SSSR count). The molecule has 3 heteroatoms. The normalized spacial score (nSPS) is 21.5. The van der Waals surface area contributed by atoms with E-state index in [1.165, 1.54) is 0 Å². The van der Waals surface area contributed by atoms with Crippen LogP contribution in [0.4, 0.5) is 0 Å². The highest BCUT2D eigenvalue weighted by Crippen LogP contribution is 2.32. The van der Waals surface area contributed by atoms with Crippen LogP contribution < -0.4 is 4.74 Å². The Balaban J connectivity index is 2.43. The molecular formula is C10H12O2S. The Hall–Kier alpha value is -0.670. The van der Waals surface area contributed by atoms with Gasteiger partial charge in [0.1, 0.15) is 5.75 Å². The van der Waals surface area contributed by atoms with E-state index in [4.69, 9.17) is 4.74 Å². The van der Waals surface area contributed by atoms with Crippen molar-refractivity contribution in [1.29, 1.82) is 0 Å². The molecule has 0 spiro atoms. The van der Waals surface area contributed by atoms with Crippen LogP contribution >= 0.6 is 12.6 Å². The average Bonchev–Trinajstić information content (AvgIpc) is 2.29. The molecule has 1 aliphatic rings. The first kappa shape index (κ1) is 8.91. The Morgan fingerprint density at radius 3 is 3.15 bits per heavy atom. The number of fused-ring (bicyclic) bond motifs is 1. The SMILES string of the molecule is OC1CCCOc2ccc(S)cc21. The van der Waals surface area contributed by atoms with Crippen LogP contribution in [-0.4, -0.2) is 11.7 Å². The Morgan fingerprint density at radius 2 is 2.31 bits per heavy atom. The van der Waals surface area contributed by atoms with Gasteiger partial charge in [-0.2, -0.15) is 0 Å². The van der Waals surface area contributed by atoms with Gasteiger partial charge in [0, 0.05) is 10.5 Å². The lowest BCUT2D eigenvalue weighted by atomic mass is 10.1. The van der Waals surface area contributed by atoms with Crippen LogP contribution in [0.15, 0.2) is 23.1 Å². The van der Waals surface area contributed by atoms with Crippen LogP contribution in [0.25, 0.3) is 0 Å². The van der Waals surface area contributed by atoms with Gasteiger partial charge in [-0.15, -0.1) is 12.6 Å². The number of ether oxygens (including phenoxy) is 1. The van der Waals surface area contributed by atoms with Crippen molar-refractivity contribution in [1.82, 2.24) is 0 Å². The molecule has 1 aromatic carbocycles. The Labute approximate surface area is 82.9 Å². The van der Waals surface area contributed by atoms with Gasteiger partial charge in [-0.25, -0.2) is 0 Å². The predicted octanol–water partition coefficient (Wildman–Crippen LogP) is 2.18. The minimum Gasteiger partial charge on any atom is -0.493 e. The number of benzene rings is 1. The van der Waals surface area contributed by atoms with Crippen molar-refractivity contribution in [3.05, 3.63) is 23.8 Å². The van der Waals surface area contributed by atoms with Gasteiger partial charge in [0.15, 0.2) is 0 Å². The summed E-state index contributed by atoms with van der Waals surface area (Å²) in [5, 5.41) is 9.75. The van der Waals surface area contributed by atoms with E-state index in [0.29, 0.717) is 6.61 Å².